The molecule has 0 aromatic heterocycles. The molecule has 2 atom stereocenters. The van der Waals surface area contributed by atoms with Crippen LogP contribution in [0.1, 0.15) is 45.7 Å². The van der Waals surface area contributed by atoms with Crippen molar-refractivity contribution in [2.45, 2.75) is 46.2 Å². The van der Waals surface area contributed by atoms with Gasteiger partial charge in [0.05, 0.1) is 0 Å². The molecule has 2 unspecified atom stereocenters. The van der Waals surface area contributed by atoms with Gasteiger partial charge in [-0.25, -0.2) is 0 Å². The summed E-state index contributed by atoms with van der Waals surface area (Å²) >= 11 is 5.96. The Hall–Kier alpha value is -0.570. The minimum absolute atomic E-state index is 0.401. The molecule has 0 aliphatic carbocycles. The van der Waals surface area contributed by atoms with Crippen molar-refractivity contribution in [3.05, 3.63) is 34.9 Å². The summed E-state index contributed by atoms with van der Waals surface area (Å²) in [6.07, 6.45) is 1.15. The highest BCUT2D eigenvalue weighted by Crippen LogP contribution is 2.23. The zero-order chi connectivity index (χ0) is 15.1. The summed E-state index contributed by atoms with van der Waals surface area (Å²) < 4.78 is 0. The van der Waals surface area contributed by atoms with E-state index in [2.05, 4.69) is 57.1 Å². The van der Waals surface area contributed by atoms with Crippen LogP contribution >= 0.6 is 11.6 Å². The van der Waals surface area contributed by atoms with Crippen molar-refractivity contribution >= 4 is 11.6 Å². The van der Waals surface area contributed by atoms with E-state index in [-0.39, 0.29) is 0 Å². The van der Waals surface area contributed by atoms with Crippen LogP contribution < -0.4 is 5.32 Å². The van der Waals surface area contributed by atoms with Crippen LogP contribution in [0, 0.1) is 5.92 Å². The minimum Gasteiger partial charge on any atom is -0.315 e. The highest BCUT2D eigenvalue weighted by Gasteiger charge is 2.19. The zero-order valence-corrected chi connectivity index (χ0v) is 14.2. The predicted molar refractivity (Wildman–Crippen MR) is 89.4 cm³/mol. The van der Waals surface area contributed by atoms with Crippen molar-refractivity contribution in [3.8, 4) is 0 Å². The molecule has 1 rings (SSSR count). The summed E-state index contributed by atoms with van der Waals surface area (Å²) in [6.45, 7) is 11.1. The predicted octanol–water partition coefficient (Wildman–Crippen LogP) is 4.36. The van der Waals surface area contributed by atoms with E-state index < -0.39 is 0 Å². The summed E-state index contributed by atoms with van der Waals surface area (Å²) in [4.78, 5) is 2.45. The molecule has 0 saturated heterocycles. The third-order valence-corrected chi connectivity index (χ3v) is 4.20. The van der Waals surface area contributed by atoms with E-state index in [1.165, 1.54) is 5.56 Å². The largest absolute Gasteiger partial charge is 0.315 e. The second kappa shape index (κ2) is 8.66. The van der Waals surface area contributed by atoms with Crippen molar-refractivity contribution in [3.63, 3.8) is 0 Å². The zero-order valence-electron chi connectivity index (χ0n) is 13.5. The summed E-state index contributed by atoms with van der Waals surface area (Å²) in [7, 11) is 2.21. The molecule has 114 valence electrons. The average molecular weight is 297 g/mol. The van der Waals surface area contributed by atoms with Crippen LogP contribution in [0.25, 0.3) is 0 Å². The molecule has 3 heteroatoms. The van der Waals surface area contributed by atoms with Crippen molar-refractivity contribution in [2.75, 3.05) is 20.1 Å². The van der Waals surface area contributed by atoms with E-state index in [9.17, 15) is 0 Å². The van der Waals surface area contributed by atoms with Gasteiger partial charge in [0.1, 0.15) is 0 Å². The third-order valence-electron chi connectivity index (χ3n) is 3.94. The highest BCUT2D eigenvalue weighted by atomic mass is 35.5. The molecule has 0 bridgehead atoms. The molecule has 1 aromatic carbocycles. The fourth-order valence-electron chi connectivity index (χ4n) is 2.41. The first-order valence-corrected chi connectivity index (χ1v) is 8.01. The maximum atomic E-state index is 5.96. The van der Waals surface area contributed by atoms with Gasteiger partial charge in [0, 0.05) is 23.7 Å². The molecule has 0 aliphatic heterocycles. The second-order valence-electron chi connectivity index (χ2n) is 6.01. The Morgan fingerprint density at radius 3 is 2.20 bits per heavy atom. The van der Waals surface area contributed by atoms with Crippen molar-refractivity contribution < 1.29 is 0 Å². The van der Waals surface area contributed by atoms with Crippen LogP contribution in [-0.4, -0.2) is 31.1 Å². The van der Waals surface area contributed by atoms with Gasteiger partial charge in [-0.3, -0.25) is 4.90 Å². The van der Waals surface area contributed by atoms with Gasteiger partial charge >= 0.3 is 0 Å². The Morgan fingerprint density at radius 2 is 1.70 bits per heavy atom. The van der Waals surface area contributed by atoms with E-state index >= 15 is 0 Å². The first kappa shape index (κ1) is 17.5. The maximum Gasteiger partial charge on any atom is 0.0406 e. The molecule has 0 spiro atoms. The number of rotatable bonds is 8. The number of hydrogen-bond donors (Lipinski definition) is 1. The Bertz CT molecular complexity index is 375. The van der Waals surface area contributed by atoms with Crippen molar-refractivity contribution in [1.29, 1.82) is 0 Å². The van der Waals surface area contributed by atoms with Gasteiger partial charge in [0.2, 0.25) is 0 Å². The number of hydrogen-bond acceptors (Lipinski definition) is 2. The maximum absolute atomic E-state index is 5.96. The van der Waals surface area contributed by atoms with E-state index in [4.69, 9.17) is 11.6 Å². The normalized spacial score (nSPS) is 14.8. The number of nitrogens with zero attached hydrogens (tertiary/aromatic N) is 1. The molecule has 2 nitrogen and oxygen atoms in total. The quantitative estimate of drug-likeness (QED) is 0.767. The average Bonchev–Trinajstić information content (AvgIpc) is 2.42. The Morgan fingerprint density at radius 1 is 1.10 bits per heavy atom. The van der Waals surface area contributed by atoms with E-state index in [1.54, 1.807) is 0 Å². The Balaban J connectivity index is 2.60. The van der Waals surface area contributed by atoms with Crippen LogP contribution in [0.3, 0.4) is 0 Å². The van der Waals surface area contributed by atoms with Gasteiger partial charge in [-0.15, -0.1) is 0 Å². The van der Waals surface area contributed by atoms with E-state index in [0.29, 0.717) is 18.0 Å². The second-order valence-corrected chi connectivity index (χ2v) is 6.44. The summed E-state index contributed by atoms with van der Waals surface area (Å²) in [5.41, 5.74) is 1.32. The minimum atomic E-state index is 0.401. The van der Waals surface area contributed by atoms with Gasteiger partial charge < -0.3 is 5.32 Å². The molecule has 20 heavy (non-hydrogen) atoms. The van der Waals surface area contributed by atoms with Gasteiger partial charge in [-0.2, -0.15) is 0 Å². The monoisotopic (exact) mass is 296 g/mol. The van der Waals surface area contributed by atoms with Crippen LogP contribution in [0.15, 0.2) is 24.3 Å². The summed E-state index contributed by atoms with van der Waals surface area (Å²) in [6, 6.07) is 9.14. The Labute approximate surface area is 129 Å². The molecule has 1 aromatic rings. The first-order chi connectivity index (χ1) is 9.45. The lowest BCUT2D eigenvalue weighted by Gasteiger charge is -2.33. The number of likely N-dealkylation sites (N-methyl/N-ethyl adjacent to an activating group) is 1. The third kappa shape index (κ3) is 5.43. The smallest absolute Gasteiger partial charge is 0.0406 e. The fraction of sp³-hybridized carbons (Fsp3) is 0.647. The number of benzene rings is 1. The number of nitrogens with one attached hydrogen (secondary N) is 1. The SMILES string of the molecule is CCC(CNCC(C)C)N(C)C(C)c1ccc(Cl)cc1. The lowest BCUT2D eigenvalue weighted by molar-refractivity contribution is 0.175. The lowest BCUT2D eigenvalue weighted by atomic mass is 10.0. The molecular weight excluding hydrogens is 268 g/mol. The van der Waals surface area contributed by atoms with Gasteiger partial charge in [0.15, 0.2) is 0 Å². The fourth-order valence-corrected chi connectivity index (χ4v) is 2.53. The van der Waals surface area contributed by atoms with E-state index in [0.717, 1.165) is 24.5 Å². The molecule has 0 amide bonds. The summed E-state index contributed by atoms with van der Waals surface area (Å²) in [5.74, 6) is 0.700. The van der Waals surface area contributed by atoms with Gasteiger partial charge in [-0.1, -0.05) is 44.5 Å². The van der Waals surface area contributed by atoms with E-state index in [1.807, 2.05) is 12.1 Å². The molecule has 0 radical (unpaired) electrons. The highest BCUT2D eigenvalue weighted by molar-refractivity contribution is 6.30. The standard InChI is InChI=1S/C17H29ClN2/c1-6-17(12-19-11-13(2)3)20(5)14(4)15-7-9-16(18)10-8-15/h7-10,13-14,17,19H,6,11-12H2,1-5H3. The van der Waals surface area contributed by atoms with Crippen LogP contribution in [0.4, 0.5) is 0 Å². The van der Waals surface area contributed by atoms with Crippen LogP contribution in [0.5, 0.6) is 0 Å². The molecule has 0 fully saturated rings. The van der Waals surface area contributed by atoms with Crippen molar-refractivity contribution in [1.82, 2.24) is 10.2 Å². The first-order valence-electron chi connectivity index (χ1n) is 7.63. The molecule has 0 saturated carbocycles. The molecule has 0 heterocycles. The van der Waals surface area contributed by atoms with Crippen molar-refractivity contribution in [2.24, 2.45) is 5.92 Å². The molecule has 1 N–H and O–H groups in total. The topological polar surface area (TPSA) is 15.3 Å². The van der Waals surface area contributed by atoms with Gasteiger partial charge in [0.25, 0.3) is 0 Å². The van der Waals surface area contributed by atoms with Crippen LogP contribution in [0.2, 0.25) is 5.02 Å². The molecule has 0 aliphatic rings. The van der Waals surface area contributed by atoms with Crippen LogP contribution in [-0.2, 0) is 0 Å². The Kier molecular flexibility index (Phi) is 7.57. The molecular formula is C17H29ClN2. The number of halogens is 1. The van der Waals surface area contributed by atoms with Gasteiger partial charge in [-0.05, 0) is 50.6 Å². The summed E-state index contributed by atoms with van der Waals surface area (Å²) in [5, 5.41) is 4.37. The lowest BCUT2D eigenvalue weighted by Crippen LogP contribution is -2.41.